The van der Waals surface area contributed by atoms with Gasteiger partial charge in [-0.25, -0.2) is 0 Å². The van der Waals surface area contributed by atoms with E-state index in [9.17, 15) is 4.79 Å². The van der Waals surface area contributed by atoms with Gasteiger partial charge in [0.2, 0.25) is 0 Å². The molecular formula is C18H17NO. The van der Waals surface area contributed by atoms with E-state index in [0.717, 1.165) is 16.8 Å². The van der Waals surface area contributed by atoms with Crippen molar-refractivity contribution >= 4 is 23.7 Å². The Labute approximate surface area is 119 Å². The van der Waals surface area contributed by atoms with Crippen LogP contribution in [0.25, 0.3) is 12.2 Å². The molecule has 0 aliphatic heterocycles. The molecule has 0 bridgehead atoms. The first-order valence-electron chi connectivity index (χ1n) is 6.45. The van der Waals surface area contributed by atoms with Gasteiger partial charge in [0.05, 0.1) is 0 Å². The van der Waals surface area contributed by atoms with Crippen LogP contribution in [0.5, 0.6) is 0 Å². The minimum absolute atomic E-state index is 0.155. The molecule has 0 aliphatic rings. The van der Waals surface area contributed by atoms with E-state index in [1.807, 2.05) is 48.5 Å². The van der Waals surface area contributed by atoms with Crippen molar-refractivity contribution in [2.75, 3.05) is 5.32 Å². The monoisotopic (exact) mass is 263 g/mol. The Morgan fingerprint density at radius 1 is 0.950 bits per heavy atom. The number of carbonyl (C=O) groups excluding carboxylic acids is 1. The first-order chi connectivity index (χ1) is 9.65. The van der Waals surface area contributed by atoms with Crippen LogP contribution in [0.15, 0.2) is 66.7 Å². The van der Waals surface area contributed by atoms with Crippen LogP contribution >= 0.6 is 0 Å². The highest BCUT2D eigenvalue weighted by Gasteiger charge is 2.01. The molecule has 2 heteroatoms. The van der Waals surface area contributed by atoms with Crippen molar-refractivity contribution in [2.45, 2.75) is 6.92 Å². The maximum Gasteiger partial charge on any atom is 0.250 e. The van der Waals surface area contributed by atoms with Crippen molar-refractivity contribution in [3.63, 3.8) is 0 Å². The third-order valence-electron chi connectivity index (χ3n) is 2.82. The van der Waals surface area contributed by atoms with Crippen molar-refractivity contribution < 1.29 is 4.79 Å². The Balaban J connectivity index is 2.03. The van der Waals surface area contributed by atoms with Gasteiger partial charge < -0.3 is 5.32 Å². The molecule has 20 heavy (non-hydrogen) atoms. The van der Waals surface area contributed by atoms with Gasteiger partial charge in [0.25, 0.3) is 5.91 Å². The van der Waals surface area contributed by atoms with E-state index in [-0.39, 0.29) is 5.91 Å². The quantitative estimate of drug-likeness (QED) is 0.644. The standard InChI is InChI=1S/C18H17NO/c1-14(2)18(20)19-17-12-10-16(11-13-17)9-8-15-6-4-3-5-7-15/h3-13H,1H2,2H3,(H,19,20)/b9-8+. The molecule has 2 aromatic carbocycles. The summed E-state index contributed by atoms with van der Waals surface area (Å²) < 4.78 is 0. The van der Waals surface area contributed by atoms with E-state index < -0.39 is 0 Å². The molecule has 2 aromatic rings. The lowest BCUT2D eigenvalue weighted by atomic mass is 10.1. The van der Waals surface area contributed by atoms with Crippen LogP contribution < -0.4 is 5.32 Å². The number of benzene rings is 2. The molecule has 0 atom stereocenters. The summed E-state index contributed by atoms with van der Waals surface area (Å²) in [5.41, 5.74) is 3.52. The van der Waals surface area contributed by atoms with Crippen LogP contribution in [0.2, 0.25) is 0 Å². The van der Waals surface area contributed by atoms with Gasteiger partial charge in [-0.2, -0.15) is 0 Å². The van der Waals surface area contributed by atoms with Crippen molar-refractivity contribution in [1.82, 2.24) is 0 Å². The Morgan fingerprint density at radius 2 is 1.50 bits per heavy atom. The van der Waals surface area contributed by atoms with Crippen molar-refractivity contribution in [2.24, 2.45) is 0 Å². The second-order valence-corrected chi connectivity index (χ2v) is 4.60. The summed E-state index contributed by atoms with van der Waals surface area (Å²) in [6.45, 7) is 5.30. The van der Waals surface area contributed by atoms with Crippen LogP contribution in [0.1, 0.15) is 18.1 Å². The Kier molecular flexibility index (Phi) is 4.51. The summed E-state index contributed by atoms with van der Waals surface area (Å²) in [6, 6.07) is 17.8. The van der Waals surface area contributed by atoms with Crippen LogP contribution in [0.3, 0.4) is 0 Å². The van der Waals surface area contributed by atoms with Gasteiger partial charge in [-0.15, -0.1) is 0 Å². The zero-order valence-corrected chi connectivity index (χ0v) is 11.5. The van der Waals surface area contributed by atoms with Gasteiger partial charge in [-0.3, -0.25) is 4.79 Å². The molecule has 0 fully saturated rings. The molecule has 0 heterocycles. The molecule has 1 amide bonds. The fraction of sp³-hybridized carbons (Fsp3) is 0.0556. The van der Waals surface area contributed by atoms with Crippen LogP contribution in [-0.2, 0) is 4.79 Å². The summed E-state index contributed by atoms with van der Waals surface area (Å²) in [5, 5.41) is 2.78. The SMILES string of the molecule is C=C(C)C(=O)Nc1ccc(/C=C/c2ccccc2)cc1. The number of hydrogen-bond acceptors (Lipinski definition) is 1. The summed E-state index contributed by atoms with van der Waals surface area (Å²) >= 11 is 0. The summed E-state index contributed by atoms with van der Waals surface area (Å²) in [5.74, 6) is -0.155. The first kappa shape index (κ1) is 13.8. The molecule has 0 radical (unpaired) electrons. The average molecular weight is 263 g/mol. The maximum absolute atomic E-state index is 11.5. The highest BCUT2D eigenvalue weighted by Crippen LogP contribution is 2.13. The molecule has 100 valence electrons. The van der Waals surface area contributed by atoms with Gasteiger partial charge in [-0.1, -0.05) is 61.2 Å². The van der Waals surface area contributed by atoms with Gasteiger partial charge >= 0.3 is 0 Å². The molecule has 1 N–H and O–H groups in total. The zero-order chi connectivity index (χ0) is 14.4. The maximum atomic E-state index is 11.5. The first-order valence-corrected chi connectivity index (χ1v) is 6.45. The van der Waals surface area contributed by atoms with Gasteiger partial charge in [-0.05, 0) is 30.2 Å². The van der Waals surface area contributed by atoms with Gasteiger partial charge in [0.15, 0.2) is 0 Å². The number of amides is 1. The van der Waals surface area contributed by atoms with E-state index in [4.69, 9.17) is 0 Å². The fourth-order valence-corrected chi connectivity index (χ4v) is 1.67. The Hall–Kier alpha value is -2.61. The molecule has 0 saturated carbocycles. The summed E-state index contributed by atoms with van der Waals surface area (Å²) in [6.07, 6.45) is 4.10. The summed E-state index contributed by atoms with van der Waals surface area (Å²) in [4.78, 5) is 11.5. The predicted octanol–water partition coefficient (Wildman–Crippen LogP) is 4.37. The van der Waals surface area contributed by atoms with Crippen LogP contribution in [-0.4, -0.2) is 5.91 Å². The predicted molar refractivity (Wildman–Crippen MR) is 85.3 cm³/mol. The highest BCUT2D eigenvalue weighted by molar-refractivity contribution is 6.02. The molecular weight excluding hydrogens is 246 g/mol. The molecule has 0 unspecified atom stereocenters. The third-order valence-corrected chi connectivity index (χ3v) is 2.82. The largest absolute Gasteiger partial charge is 0.322 e. The smallest absolute Gasteiger partial charge is 0.250 e. The normalized spacial score (nSPS) is 10.4. The number of hydrogen-bond donors (Lipinski definition) is 1. The third kappa shape index (κ3) is 3.95. The molecule has 0 aromatic heterocycles. The molecule has 2 rings (SSSR count). The molecule has 0 spiro atoms. The minimum Gasteiger partial charge on any atom is -0.322 e. The molecule has 2 nitrogen and oxygen atoms in total. The second kappa shape index (κ2) is 6.53. The van der Waals surface area contributed by atoms with Crippen molar-refractivity contribution in [1.29, 1.82) is 0 Å². The number of nitrogens with one attached hydrogen (secondary N) is 1. The van der Waals surface area contributed by atoms with E-state index in [2.05, 4.69) is 30.1 Å². The number of carbonyl (C=O) groups is 1. The second-order valence-electron chi connectivity index (χ2n) is 4.60. The van der Waals surface area contributed by atoms with E-state index in [0.29, 0.717) is 5.57 Å². The fourth-order valence-electron chi connectivity index (χ4n) is 1.67. The zero-order valence-electron chi connectivity index (χ0n) is 11.5. The minimum atomic E-state index is -0.155. The highest BCUT2D eigenvalue weighted by atomic mass is 16.1. The van der Waals surface area contributed by atoms with E-state index >= 15 is 0 Å². The van der Waals surface area contributed by atoms with E-state index in [1.54, 1.807) is 6.92 Å². The van der Waals surface area contributed by atoms with Gasteiger partial charge in [0, 0.05) is 11.3 Å². The van der Waals surface area contributed by atoms with Crippen LogP contribution in [0.4, 0.5) is 5.69 Å². The Morgan fingerprint density at radius 3 is 2.05 bits per heavy atom. The molecule has 0 saturated heterocycles. The van der Waals surface area contributed by atoms with Crippen molar-refractivity contribution in [3.8, 4) is 0 Å². The van der Waals surface area contributed by atoms with Gasteiger partial charge in [0.1, 0.15) is 0 Å². The Bertz CT molecular complexity index is 624. The topological polar surface area (TPSA) is 29.1 Å². The lowest BCUT2D eigenvalue weighted by molar-refractivity contribution is -0.112. The number of rotatable bonds is 4. The average Bonchev–Trinajstić information content (AvgIpc) is 2.47. The van der Waals surface area contributed by atoms with Crippen molar-refractivity contribution in [3.05, 3.63) is 77.9 Å². The number of anilines is 1. The van der Waals surface area contributed by atoms with Crippen LogP contribution in [0, 0.1) is 0 Å². The summed E-state index contributed by atoms with van der Waals surface area (Å²) in [7, 11) is 0. The lowest BCUT2D eigenvalue weighted by Crippen LogP contribution is -2.11. The van der Waals surface area contributed by atoms with E-state index in [1.165, 1.54) is 0 Å². The molecule has 0 aliphatic carbocycles. The lowest BCUT2D eigenvalue weighted by Gasteiger charge is -2.04.